The fraction of sp³-hybridized carbons (Fsp3) is 0.273. The van der Waals surface area contributed by atoms with Crippen LogP contribution in [0.5, 0.6) is 0 Å². The first kappa shape index (κ1) is 11.5. The van der Waals surface area contributed by atoms with E-state index in [-0.39, 0.29) is 5.82 Å². The van der Waals surface area contributed by atoms with Gasteiger partial charge in [0.1, 0.15) is 11.6 Å². The summed E-state index contributed by atoms with van der Waals surface area (Å²) in [5.74, 6) is 6.37. The van der Waals surface area contributed by atoms with E-state index in [1.807, 2.05) is 13.1 Å². The number of aryl methyl sites for hydroxylation is 2. The van der Waals surface area contributed by atoms with E-state index < -0.39 is 0 Å². The molecule has 0 saturated heterocycles. The molecule has 0 aliphatic rings. The zero-order valence-electron chi connectivity index (χ0n) is 9.52. The molecule has 0 radical (unpaired) electrons. The van der Waals surface area contributed by atoms with Crippen molar-refractivity contribution >= 4 is 5.95 Å². The molecule has 3 N–H and O–H groups in total. The number of rotatable bonds is 4. The summed E-state index contributed by atoms with van der Waals surface area (Å²) in [5.41, 5.74) is 3.39. The summed E-state index contributed by atoms with van der Waals surface area (Å²) in [5, 5.41) is 7.87. The van der Waals surface area contributed by atoms with Gasteiger partial charge in [-0.05, 0) is 24.1 Å². The zero-order chi connectivity index (χ0) is 12.3. The molecule has 0 aliphatic carbocycles. The summed E-state index contributed by atoms with van der Waals surface area (Å²) in [7, 11) is 1.83. The second-order valence-corrected chi connectivity index (χ2v) is 3.77. The monoisotopic (exact) mass is 235 g/mol. The molecule has 0 saturated carbocycles. The lowest BCUT2D eigenvalue weighted by atomic mass is 10.1. The van der Waals surface area contributed by atoms with Gasteiger partial charge in [0.05, 0.1) is 0 Å². The Labute approximate surface area is 98.4 Å². The maximum absolute atomic E-state index is 13.0. The molecule has 17 heavy (non-hydrogen) atoms. The van der Waals surface area contributed by atoms with Crippen LogP contribution in [-0.2, 0) is 19.9 Å². The second-order valence-electron chi connectivity index (χ2n) is 3.77. The first-order valence-corrected chi connectivity index (χ1v) is 5.30. The van der Waals surface area contributed by atoms with Crippen molar-refractivity contribution in [2.45, 2.75) is 12.8 Å². The molecule has 0 unspecified atom stereocenters. The predicted molar refractivity (Wildman–Crippen MR) is 62.6 cm³/mol. The third-order valence-corrected chi connectivity index (χ3v) is 2.62. The van der Waals surface area contributed by atoms with E-state index >= 15 is 0 Å². The van der Waals surface area contributed by atoms with E-state index in [4.69, 9.17) is 5.84 Å². The van der Waals surface area contributed by atoms with Crippen molar-refractivity contribution in [2.24, 2.45) is 12.9 Å². The second kappa shape index (κ2) is 4.92. The minimum absolute atomic E-state index is 0.218. The Morgan fingerprint density at radius 1 is 1.35 bits per heavy atom. The number of aromatic nitrogens is 3. The van der Waals surface area contributed by atoms with Gasteiger partial charge in [-0.2, -0.15) is 0 Å². The highest BCUT2D eigenvalue weighted by Gasteiger charge is 2.07. The number of hydrogen-bond acceptors (Lipinski definition) is 4. The summed E-state index contributed by atoms with van der Waals surface area (Å²) in [4.78, 5) is 0. The molecular weight excluding hydrogens is 221 g/mol. The van der Waals surface area contributed by atoms with E-state index in [0.717, 1.165) is 11.4 Å². The van der Waals surface area contributed by atoms with E-state index in [1.165, 1.54) is 12.1 Å². The predicted octanol–water partition coefficient (Wildman–Crippen LogP) is 1.02. The van der Waals surface area contributed by atoms with Gasteiger partial charge in [0.25, 0.3) is 0 Å². The van der Waals surface area contributed by atoms with Gasteiger partial charge in [-0.1, -0.05) is 12.1 Å². The Bertz CT molecular complexity index is 508. The van der Waals surface area contributed by atoms with Gasteiger partial charge in [-0.25, -0.2) is 10.2 Å². The van der Waals surface area contributed by atoms with Gasteiger partial charge >= 0.3 is 0 Å². The van der Waals surface area contributed by atoms with Crippen LogP contribution in [-0.4, -0.2) is 14.8 Å². The lowest BCUT2D eigenvalue weighted by molar-refractivity contribution is 0.624. The van der Waals surface area contributed by atoms with E-state index in [9.17, 15) is 4.39 Å². The van der Waals surface area contributed by atoms with Crippen LogP contribution >= 0.6 is 0 Å². The normalized spacial score (nSPS) is 10.5. The van der Waals surface area contributed by atoms with Crippen molar-refractivity contribution in [3.63, 3.8) is 0 Å². The average molecular weight is 235 g/mol. The standard InChI is InChI=1S/C11H14FN5/c1-17-10(15-16-11(17)14-13)6-5-8-3-2-4-9(12)7-8/h2-4,7H,5-6,13H2,1H3,(H,14,16). The first-order valence-electron chi connectivity index (χ1n) is 5.30. The molecule has 5 nitrogen and oxygen atoms in total. The van der Waals surface area contributed by atoms with E-state index in [2.05, 4.69) is 15.6 Å². The fourth-order valence-electron chi connectivity index (χ4n) is 1.65. The van der Waals surface area contributed by atoms with Gasteiger partial charge in [0.15, 0.2) is 0 Å². The molecular formula is C11H14FN5. The number of nitrogens with two attached hydrogens (primary N) is 1. The SMILES string of the molecule is Cn1c(CCc2cccc(F)c2)nnc1NN. The molecule has 90 valence electrons. The largest absolute Gasteiger partial charge is 0.300 e. The Balaban J connectivity index is 2.05. The number of benzene rings is 1. The Morgan fingerprint density at radius 3 is 2.82 bits per heavy atom. The number of halogens is 1. The highest BCUT2D eigenvalue weighted by Crippen LogP contribution is 2.09. The lowest BCUT2D eigenvalue weighted by Gasteiger charge is -2.03. The fourth-order valence-corrected chi connectivity index (χ4v) is 1.65. The molecule has 1 heterocycles. The molecule has 0 atom stereocenters. The van der Waals surface area contributed by atoms with Crippen molar-refractivity contribution in [2.75, 3.05) is 5.43 Å². The molecule has 1 aromatic carbocycles. The van der Waals surface area contributed by atoms with Crippen molar-refractivity contribution in [1.82, 2.24) is 14.8 Å². The van der Waals surface area contributed by atoms with Crippen LogP contribution in [0.15, 0.2) is 24.3 Å². The van der Waals surface area contributed by atoms with Crippen LogP contribution in [0.2, 0.25) is 0 Å². The third kappa shape index (κ3) is 2.59. The summed E-state index contributed by atoms with van der Waals surface area (Å²) in [6, 6.07) is 6.55. The topological polar surface area (TPSA) is 68.8 Å². The molecule has 1 aromatic heterocycles. The van der Waals surface area contributed by atoms with Crippen molar-refractivity contribution in [3.8, 4) is 0 Å². The van der Waals surface area contributed by atoms with Crippen LogP contribution in [0.4, 0.5) is 10.3 Å². The summed E-state index contributed by atoms with van der Waals surface area (Å²) in [6.45, 7) is 0. The van der Waals surface area contributed by atoms with Crippen LogP contribution in [0.3, 0.4) is 0 Å². The van der Waals surface area contributed by atoms with Crippen LogP contribution in [0.1, 0.15) is 11.4 Å². The maximum Gasteiger partial charge on any atom is 0.238 e. The number of hydrazine groups is 1. The average Bonchev–Trinajstić information content (AvgIpc) is 2.67. The van der Waals surface area contributed by atoms with Gasteiger partial charge in [-0.15, -0.1) is 10.2 Å². The molecule has 0 amide bonds. The van der Waals surface area contributed by atoms with Crippen molar-refractivity contribution in [3.05, 3.63) is 41.5 Å². The molecule has 0 fully saturated rings. The number of anilines is 1. The zero-order valence-corrected chi connectivity index (χ0v) is 9.52. The van der Waals surface area contributed by atoms with Crippen LogP contribution in [0, 0.1) is 5.82 Å². The molecule has 2 aromatic rings. The summed E-state index contributed by atoms with van der Waals surface area (Å²) < 4.78 is 14.7. The highest BCUT2D eigenvalue weighted by atomic mass is 19.1. The first-order chi connectivity index (χ1) is 8.20. The molecule has 2 rings (SSSR count). The smallest absolute Gasteiger partial charge is 0.238 e. The highest BCUT2D eigenvalue weighted by molar-refractivity contribution is 5.23. The molecule has 0 spiro atoms. The van der Waals surface area contributed by atoms with E-state index in [0.29, 0.717) is 18.8 Å². The number of nitrogens with zero attached hydrogens (tertiary/aromatic N) is 3. The minimum Gasteiger partial charge on any atom is -0.300 e. The Morgan fingerprint density at radius 2 is 2.18 bits per heavy atom. The van der Waals surface area contributed by atoms with Crippen LogP contribution < -0.4 is 11.3 Å². The van der Waals surface area contributed by atoms with Crippen molar-refractivity contribution < 1.29 is 4.39 Å². The summed E-state index contributed by atoms with van der Waals surface area (Å²) >= 11 is 0. The quantitative estimate of drug-likeness (QED) is 0.613. The van der Waals surface area contributed by atoms with Gasteiger partial charge in [0.2, 0.25) is 5.95 Å². The minimum atomic E-state index is -0.218. The van der Waals surface area contributed by atoms with Crippen LogP contribution in [0.25, 0.3) is 0 Å². The number of hydrogen-bond donors (Lipinski definition) is 2. The summed E-state index contributed by atoms with van der Waals surface area (Å²) in [6.07, 6.45) is 1.41. The number of nitrogen functional groups attached to an aromatic ring is 1. The van der Waals surface area contributed by atoms with E-state index in [1.54, 1.807) is 10.6 Å². The molecule has 0 aliphatic heterocycles. The number of nitrogens with one attached hydrogen (secondary N) is 1. The Hall–Kier alpha value is -1.95. The Kier molecular flexibility index (Phi) is 3.34. The lowest BCUT2D eigenvalue weighted by Crippen LogP contribution is -2.12. The van der Waals surface area contributed by atoms with Gasteiger partial charge < -0.3 is 0 Å². The van der Waals surface area contributed by atoms with Crippen molar-refractivity contribution in [1.29, 1.82) is 0 Å². The molecule has 6 heteroatoms. The maximum atomic E-state index is 13.0. The third-order valence-electron chi connectivity index (χ3n) is 2.62. The molecule has 0 bridgehead atoms. The van der Waals surface area contributed by atoms with Gasteiger partial charge in [-0.3, -0.25) is 9.99 Å². The van der Waals surface area contributed by atoms with Gasteiger partial charge in [0, 0.05) is 13.5 Å².